The summed E-state index contributed by atoms with van der Waals surface area (Å²) in [6.07, 6.45) is 1.81. The lowest BCUT2D eigenvalue weighted by atomic mass is 10.1. The van der Waals surface area contributed by atoms with Gasteiger partial charge >= 0.3 is 0 Å². The first kappa shape index (κ1) is 15.7. The third-order valence-corrected chi connectivity index (χ3v) is 3.30. The molecule has 1 aromatic heterocycles. The normalized spacial score (nSPS) is 11.3. The number of rotatable bonds is 7. The van der Waals surface area contributed by atoms with Crippen LogP contribution >= 0.6 is 0 Å². The van der Waals surface area contributed by atoms with Crippen LogP contribution in [0.25, 0.3) is 5.69 Å². The molecule has 0 fully saturated rings. The van der Waals surface area contributed by atoms with Gasteiger partial charge in [0, 0.05) is 26.4 Å². The minimum Gasteiger partial charge on any atom is -0.383 e. The highest BCUT2D eigenvalue weighted by atomic mass is 19.1. The van der Waals surface area contributed by atoms with Gasteiger partial charge in [-0.05, 0) is 23.6 Å². The van der Waals surface area contributed by atoms with Crippen LogP contribution in [0.15, 0.2) is 30.5 Å². The van der Waals surface area contributed by atoms with Gasteiger partial charge in [0.05, 0.1) is 12.3 Å². The van der Waals surface area contributed by atoms with Gasteiger partial charge in [0.15, 0.2) is 0 Å². The highest BCUT2D eigenvalue weighted by Crippen LogP contribution is 2.20. The number of nitrogens with one attached hydrogen (secondary N) is 1. The molecule has 2 rings (SSSR count). The largest absolute Gasteiger partial charge is 0.383 e. The molecule has 5 heteroatoms. The van der Waals surface area contributed by atoms with Crippen LogP contribution in [0, 0.1) is 5.82 Å². The molecule has 0 atom stereocenters. The van der Waals surface area contributed by atoms with Gasteiger partial charge in [0.1, 0.15) is 11.5 Å². The molecule has 0 aliphatic heterocycles. The zero-order valence-electron chi connectivity index (χ0n) is 12.8. The van der Waals surface area contributed by atoms with Crippen molar-refractivity contribution >= 4 is 0 Å². The van der Waals surface area contributed by atoms with E-state index >= 15 is 0 Å². The SMILES string of the molecule is COCCNCc1cccc(F)c1-n1ccc(C(C)C)n1. The van der Waals surface area contributed by atoms with Crippen LogP contribution in [0.1, 0.15) is 31.0 Å². The minimum atomic E-state index is -0.264. The van der Waals surface area contributed by atoms with Gasteiger partial charge in [0.25, 0.3) is 0 Å². The first-order valence-electron chi connectivity index (χ1n) is 7.16. The summed E-state index contributed by atoms with van der Waals surface area (Å²) < 4.78 is 20.8. The highest BCUT2D eigenvalue weighted by molar-refractivity contribution is 5.42. The van der Waals surface area contributed by atoms with Crippen molar-refractivity contribution in [3.05, 3.63) is 47.5 Å². The third kappa shape index (κ3) is 3.89. The zero-order chi connectivity index (χ0) is 15.2. The number of methoxy groups -OCH3 is 1. The molecule has 0 amide bonds. The Kier molecular flexibility index (Phi) is 5.47. The molecule has 4 nitrogen and oxygen atoms in total. The Hall–Kier alpha value is -1.72. The van der Waals surface area contributed by atoms with E-state index in [1.807, 2.05) is 18.3 Å². The van der Waals surface area contributed by atoms with Gasteiger partial charge in [-0.1, -0.05) is 26.0 Å². The van der Waals surface area contributed by atoms with E-state index in [0.717, 1.165) is 17.8 Å². The molecule has 0 saturated carbocycles. The van der Waals surface area contributed by atoms with Crippen LogP contribution in [-0.2, 0) is 11.3 Å². The molecular weight excluding hydrogens is 269 g/mol. The van der Waals surface area contributed by atoms with Crippen molar-refractivity contribution in [1.29, 1.82) is 0 Å². The standard InChI is InChI=1S/C16H22FN3O/c1-12(2)15-7-9-20(19-15)16-13(5-4-6-14(16)17)11-18-8-10-21-3/h4-7,9,12,18H,8,10-11H2,1-3H3. The first-order valence-corrected chi connectivity index (χ1v) is 7.16. The lowest BCUT2D eigenvalue weighted by Crippen LogP contribution is -2.20. The van der Waals surface area contributed by atoms with Gasteiger partial charge in [-0.25, -0.2) is 9.07 Å². The van der Waals surface area contributed by atoms with Gasteiger partial charge in [-0.3, -0.25) is 0 Å². The second-order valence-corrected chi connectivity index (χ2v) is 5.26. The van der Waals surface area contributed by atoms with Gasteiger partial charge in [0.2, 0.25) is 0 Å². The van der Waals surface area contributed by atoms with E-state index in [1.54, 1.807) is 17.9 Å². The average molecular weight is 291 g/mol. The van der Waals surface area contributed by atoms with Crippen molar-refractivity contribution in [2.24, 2.45) is 0 Å². The van der Waals surface area contributed by atoms with Gasteiger partial charge in [-0.15, -0.1) is 0 Å². The Morgan fingerprint density at radius 3 is 2.81 bits per heavy atom. The maximum absolute atomic E-state index is 14.2. The molecule has 0 radical (unpaired) electrons. The highest BCUT2D eigenvalue weighted by Gasteiger charge is 2.12. The lowest BCUT2D eigenvalue weighted by molar-refractivity contribution is 0.199. The maximum Gasteiger partial charge on any atom is 0.149 e. The number of para-hydroxylation sites is 1. The number of ether oxygens (including phenoxy) is 1. The van der Waals surface area contributed by atoms with Crippen molar-refractivity contribution in [2.75, 3.05) is 20.3 Å². The Bertz CT molecular complexity index is 581. The van der Waals surface area contributed by atoms with Crippen LogP contribution in [0.5, 0.6) is 0 Å². The molecule has 0 aliphatic carbocycles. The van der Waals surface area contributed by atoms with Crippen molar-refractivity contribution in [2.45, 2.75) is 26.3 Å². The fourth-order valence-electron chi connectivity index (χ4n) is 2.13. The molecule has 0 saturated heterocycles. The van der Waals surface area contributed by atoms with Crippen molar-refractivity contribution < 1.29 is 9.13 Å². The summed E-state index contributed by atoms with van der Waals surface area (Å²) in [5.41, 5.74) is 2.34. The molecule has 0 spiro atoms. The molecule has 0 aliphatic rings. The number of hydrogen-bond acceptors (Lipinski definition) is 3. The summed E-state index contributed by atoms with van der Waals surface area (Å²) in [5.74, 6) is 0.0562. The monoisotopic (exact) mass is 291 g/mol. The predicted molar refractivity (Wildman–Crippen MR) is 81.2 cm³/mol. The van der Waals surface area contributed by atoms with Crippen molar-refractivity contribution in [3.63, 3.8) is 0 Å². The van der Waals surface area contributed by atoms with E-state index in [0.29, 0.717) is 24.8 Å². The summed E-state index contributed by atoms with van der Waals surface area (Å²) >= 11 is 0. The topological polar surface area (TPSA) is 39.1 Å². The van der Waals surface area contributed by atoms with E-state index < -0.39 is 0 Å². The third-order valence-electron chi connectivity index (χ3n) is 3.30. The van der Waals surface area contributed by atoms with Crippen molar-refractivity contribution in [1.82, 2.24) is 15.1 Å². The smallest absolute Gasteiger partial charge is 0.149 e. The number of hydrogen-bond donors (Lipinski definition) is 1. The molecule has 1 heterocycles. The van der Waals surface area contributed by atoms with Crippen LogP contribution in [0.4, 0.5) is 4.39 Å². The fourth-order valence-corrected chi connectivity index (χ4v) is 2.13. The van der Waals surface area contributed by atoms with E-state index in [9.17, 15) is 4.39 Å². The molecule has 21 heavy (non-hydrogen) atoms. The number of halogens is 1. The maximum atomic E-state index is 14.2. The van der Waals surface area contributed by atoms with E-state index in [-0.39, 0.29) is 5.82 Å². The molecule has 1 N–H and O–H groups in total. The van der Waals surface area contributed by atoms with E-state index in [4.69, 9.17) is 4.74 Å². The van der Waals surface area contributed by atoms with E-state index in [2.05, 4.69) is 24.3 Å². The number of aromatic nitrogens is 2. The van der Waals surface area contributed by atoms with Crippen LogP contribution < -0.4 is 5.32 Å². The van der Waals surface area contributed by atoms with Gasteiger partial charge < -0.3 is 10.1 Å². The Morgan fingerprint density at radius 1 is 1.33 bits per heavy atom. The second-order valence-electron chi connectivity index (χ2n) is 5.26. The Labute approximate surface area is 124 Å². The van der Waals surface area contributed by atoms with E-state index in [1.165, 1.54) is 6.07 Å². The summed E-state index contributed by atoms with van der Waals surface area (Å²) in [4.78, 5) is 0. The predicted octanol–water partition coefficient (Wildman–Crippen LogP) is 2.87. The molecule has 2 aromatic rings. The number of benzene rings is 1. The summed E-state index contributed by atoms with van der Waals surface area (Å²) in [6.45, 7) is 6.07. The summed E-state index contributed by atoms with van der Waals surface area (Å²) in [6, 6.07) is 7.03. The fraction of sp³-hybridized carbons (Fsp3) is 0.438. The second kappa shape index (κ2) is 7.33. The van der Waals surface area contributed by atoms with Crippen molar-refractivity contribution in [3.8, 4) is 5.69 Å². The zero-order valence-corrected chi connectivity index (χ0v) is 12.8. The van der Waals surface area contributed by atoms with Crippen LogP contribution in [0.3, 0.4) is 0 Å². The molecule has 0 bridgehead atoms. The Morgan fingerprint density at radius 2 is 2.14 bits per heavy atom. The number of nitrogens with zero attached hydrogens (tertiary/aromatic N) is 2. The molecular formula is C16H22FN3O. The molecule has 114 valence electrons. The minimum absolute atomic E-state index is 0.264. The summed E-state index contributed by atoms with van der Waals surface area (Å²) in [5, 5.41) is 7.71. The van der Waals surface area contributed by atoms with Crippen LogP contribution in [0.2, 0.25) is 0 Å². The lowest BCUT2D eigenvalue weighted by Gasteiger charge is -2.12. The molecule has 0 unspecified atom stereocenters. The quantitative estimate of drug-likeness (QED) is 0.797. The summed E-state index contributed by atoms with van der Waals surface area (Å²) in [7, 11) is 1.66. The first-order chi connectivity index (χ1) is 10.1. The average Bonchev–Trinajstić information content (AvgIpc) is 2.93. The van der Waals surface area contributed by atoms with Crippen LogP contribution in [-0.4, -0.2) is 30.0 Å². The molecule has 1 aromatic carbocycles. The van der Waals surface area contributed by atoms with Gasteiger partial charge in [-0.2, -0.15) is 5.10 Å². The Balaban J connectivity index is 2.24.